The van der Waals surface area contributed by atoms with Gasteiger partial charge in [-0.25, -0.2) is 0 Å². The Labute approximate surface area is 163 Å². The van der Waals surface area contributed by atoms with Crippen molar-refractivity contribution in [1.29, 1.82) is 0 Å². The largest absolute Gasteiger partial charge is 0.381 e. The van der Waals surface area contributed by atoms with E-state index in [1.807, 2.05) is 36.4 Å². The van der Waals surface area contributed by atoms with E-state index < -0.39 is 0 Å². The number of anilines is 1. The highest BCUT2D eigenvalue weighted by molar-refractivity contribution is 6.06. The summed E-state index contributed by atoms with van der Waals surface area (Å²) in [6.07, 6.45) is 2.55. The van der Waals surface area contributed by atoms with Crippen LogP contribution in [0, 0.1) is 11.8 Å². The monoisotopic (exact) mass is 374 g/mol. The molecule has 3 unspecified atom stereocenters. The van der Waals surface area contributed by atoms with E-state index in [1.54, 1.807) is 0 Å². The average Bonchev–Trinajstić information content (AvgIpc) is 2.71. The van der Waals surface area contributed by atoms with Crippen molar-refractivity contribution in [2.45, 2.75) is 38.3 Å². The van der Waals surface area contributed by atoms with Crippen LogP contribution in [0.1, 0.15) is 40.7 Å². The van der Waals surface area contributed by atoms with E-state index >= 15 is 0 Å². The van der Waals surface area contributed by atoms with Gasteiger partial charge in [0.25, 0.3) is 0 Å². The van der Waals surface area contributed by atoms with Crippen LogP contribution in [-0.4, -0.2) is 17.6 Å². The van der Waals surface area contributed by atoms with E-state index in [4.69, 9.17) is 5.53 Å². The van der Waals surface area contributed by atoms with Crippen molar-refractivity contribution in [3.05, 3.63) is 75.7 Å². The fourth-order valence-electron chi connectivity index (χ4n) is 4.53. The van der Waals surface area contributed by atoms with Crippen molar-refractivity contribution in [2.75, 3.05) is 5.32 Å². The van der Waals surface area contributed by atoms with Crippen LogP contribution in [0.3, 0.4) is 0 Å². The number of rotatable bonds is 5. The molecule has 2 aromatic carbocycles. The number of hydrogen-bond donors (Lipinski definition) is 1. The summed E-state index contributed by atoms with van der Waals surface area (Å²) >= 11 is 0. The zero-order chi connectivity index (χ0) is 19.5. The van der Waals surface area contributed by atoms with Gasteiger partial charge in [0.05, 0.1) is 6.54 Å². The number of aryl methyl sites for hydroxylation is 1. The SMILES string of the molecule is [N-]=[N+]=NCc1ccc2c(c1)C(=O)C1C(CCc3ccccc3)CC(=O)CC1N2. The first kappa shape index (κ1) is 18.3. The van der Waals surface area contributed by atoms with Crippen LogP contribution in [-0.2, 0) is 17.8 Å². The van der Waals surface area contributed by atoms with Crippen LogP contribution in [0.5, 0.6) is 0 Å². The number of Topliss-reactive ketones (excluding diaryl/α,β-unsaturated/α-hetero) is 2. The second kappa shape index (κ2) is 7.87. The van der Waals surface area contributed by atoms with Gasteiger partial charge in [0, 0.05) is 41.0 Å². The van der Waals surface area contributed by atoms with Gasteiger partial charge in [-0.05, 0) is 47.6 Å². The molecule has 0 saturated heterocycles. The van der Waals surface area contributed by atoms with Crippen LogP contribution >= 0.6 is 0 Å². The molecule has 142 valence electrons. The molecule has 1 aliphatic carbocycles. The molecule has 0 amide bonds. The van der Waals surface area contributed by atoms with E-state index in [1.165, 1.54) is 5.56 Å². The van der Waals surface area contributed by atoms with Crippen LogP contribution in [0.25, 0.3) is 10.4 Å². The van der Waals surface area contributed by atoms with Gasteiger partial charge in [-0.2, -0.15) is 0 Å². The summed E-state index contributed by atoms with van der Waals surface area (Å²) in [5.41, 5.74) is 12.0. The van der Waals surface area contributed by atoms with E-state index in [9.17, 15) is 9.59 Å². The number of hydrogen-bond acceptors (Lipinski definition) is 4. The van der Waals surface area contributed by atoms with Crippen molar-refractivity contribution >= 4 is 17.3 Å². The van der Waals surface area contributed by atoms with Gasteiger partial charge in [0.1, 0.15) is 5.78 Å². The molecule has 0 spiro atoms. The smallest absolute Gasteiger partial charge is 0.170 e. The highest BCUT2D eigenvalue weighted by Gasteiger charge is 2.44. The Kier molecular flexibility index (Phi) is 5.13. The predicted molar refractivity (Wildman–Crippen MR) is 107 cm³/mol. The molecule has 6 nitrogen and oxygen atoms in total. The van der Waals surface area contributed by atoms with Crippen molar-refractivity contribution in [2.24, 2.45) is 17.0 Å². The first-order valence-corrected chi connectivity index (χ1v) is 9.66. The molecule has 2 aliphatic rings. The second-order valence-corrected chi connectivity index (χ2v) is 7.64. The first-order valence-electron chi connectivity index (χ1n) is 9.66. The fraction of sp³-hybridized carbons (Fsp3) is 0.364. The molecule has 28 heavy (non-hydrogen) atoms. The van der Waals surface area contributed by atoms with E-state index in [-0.39, 0.29) is 36.0 Å². The predicted octanol–water partition coefficient (Wildman–Crippen LogP) is 4.70. The maximum absolute atomic E-state index is 13.4. The van der Waals surface area contributed by atoms with Gasteiger partial charge >= 0.3 is 0 Å². The van der Waals surface area contributed by atoms with Gasteiger partial charge in [0.15, 0.2) is 5.78 Å². The number of nitrogens with zero attached hydrogens (tertiary/aromatic N) is 3. The first-order chi connectivity index (χ1) is 13.7. The maximum Gasteiger partial charge on any atom is 0.170 e. The minimum absolute atomic E-state index is 0.0420. The molecular weight excluding hydrogens is 352 g/mol. The lowest BCUT2D eigenvalue weighted by Crippen LogP contribution is -2.48. The summed E-state index contributed by atoms with van der Waals surface area (Å²) < 4.78 is 0. The zero-order valence-electron chi connectivity index (χ0n) is 15.5. The van der Waals surface area contributed by atoms with Crippen LogP contribution < -0.4 is 5.32 Å². The molecule has 0 radical (unpaired) electrons. The number of ketones is 2. The Balaban J connectivity index is 1.59. The molecule has 2 aromatic rings. The number of nitrogens with one attached hydrogen (secondary N) is 1. The average molecular weight is 374 g/mol. The molecule has 0 aromatic heterocycles. The van der Waals surface area contributed by atoms with Crippen LogP contribution in [0.4, 0.5) is 5.69 Å². The quantitative estimate of drug-likeness (QED) is 0.467. The molecule has 1 saturated carbocycles. The number of carbonyl (C=O) groups is 2. The van der Waals surface area contributed by atoms with E-state index in [2.05, 4.69) is 27.5 Å². The van der Waals surface area contributed by atoms with Gasteiger partial charge < -0.3 is 5.32 Å². The number of benzene rings is 2. The van der Waals surface area contributed by atoms with Crippen LogP contribution in [0.15, 0.2) is 53.6 Å². The Hall–Kier alpha value is -3.11. The highest BCUT2D eigenvalue weighted by Crippen LogP contribution is 2.40. The summed E-state index contributed by atoms with van der Waals surface area (Å²) in [6.45, 7) is 0.223. The minimum atomic E-state index is -0.191. The Morgan fingerprint density at radius 2 is 1.89 bits per heavy atom. The van der Waals surface area contributed by atoms with Crippen LogP contribution in [0.2, 0.25) is 0 Å². The Bertz CT molecular complexity index is 950. The van der Waals surface area contributed by atoms with Gasteiger partial charge in [-0.3, -0.25) is 9.59 Å². The normalized spacial score (nSPS) is 23.2. The topological polar surface area (TPSA) is 94.9 Å². The Morgan fingerprint density at radius 1 is 1.07 bits per heavy atom. The zero-order valence-corrected chi connectivity index (χ0v) is 15.5. The summed E-state index contributed by atoms with van der Waals surface area (Å²) in [5, 5.41) is 7.02. The number of carbonyl (C=O) groups excluding carboxylic acids is 2. The summed E-state index contributed by atoms with van der Waals surface area (Å²) in [4.78, 5) is 28.5. The third-order valence-corrected chi connectivity index (χ3v) is 5.84. The highest BCUT2D eigenvalue weighted by atomic mass is 16.1. The standard InChI is InChI=1S/C22H22N4O2/c23-26-24-13-15-7-9-19-18(10-15)22(28)21-16(11-17(27)12-20(21)25-19)8-6-14-4-2-1-3-5-14/h1-5,7,9-10,16,20-21,25H,6,8,11-13H2. The lowest BCUT2D eigenvalue weighted by Gasteiger charge is -2.41. The summed E-state index contributed by atoms with van der Waals surface area (Å²) in [6, 6.07) is 15.6. The van der Waals surface area contributed by atoms with Gasteiger partial charge in [-0.1, -0.05) is 41.5 Å². The van der Waals surface area contributed by atoms with Gasteiger partial charge in [-0.15, -0.1) is 0 Å². The third-order valence-electron chi connectivity index (χ3n) is 5.84. The van der Waals surface area contributed by atoms with E-state index in [0.29, 0.717) is 18.4 Å². The molecule has 3 atom stereocenters. The fourth-order valence-corrected chi connectivity index (χ4v) is 4.53. The molecular formula is C22H22N4O2. The molecule has 1 aliphatic heterocycles. The van der Waals surface area contributed by atoms with Crippen molar-refractivity contribution in [3.8, 4) is 0 Å². The lowest BCUT2D eigenvalue weighted by molar-refractivity contribution is -0.122. The molecule has 4 rings (SSSR count). The maximum atomic E-state index is 13.4. The summed E-state index contributed by atoms with van der Waals surface area (Å²) in [5.74, 6) is 0.180. The summed E-state index contributed by atoms with van der Waals surface area (Å²) in [7, 11) is 0. The minimum Gasteiger partial charge on any atom is -0.381 e. The molecule has 1 N–H and O–H groups in total. The molecule has 6 heteroatoms. The molecule has 1 heterocycles. The van der Waals surface area contributed by atoms with Crippen molar-refractivity contribution < 1.29 is 9.59 Å². The van der Waals surface area contributed by atoms with Gasteiger partial charge in [0.2, 0.25) is 0 Å². The molecule has 1 fully saturated rings. The van der Waals surface area contributed by atoms with Crippen molar-refractivity contribution in [1.82, 2.24) is 0 Å². The third kappa shape index (κ3) is 3.64. The molecule has 0 bridgehead atoms. The van der Waals surface area contributed by atoms with Crippen molar-refractivity contribution in [3.63, 3.8) is 0 Å². The lowest BCUT2D eigenvalue weighted by atomic mass is 9.68. The Morgan fingerprint density at radius 3 is 2.68 bits per heavy atom. The number of fused-ring (bicyclic) bond motifs is 2. The second-order valence-electron chi connectivity index (χ2n) is 7.64. The number of azide groups is 1. The van der Waals surface area contributed by atoms with E-state index in [0.717, 1.165) is 24.1 Å².